The van der Waals surface area contributed by atoms with Gasteiger partial charge < -0.3 is 20.4 Å². The van der Waals surface area contributed by atoms with Crippen LogP contribution in [0.15, 0.2) is 28.1 Å². The highest BCUT2D eigenvalue weighted by Gasteiger charge is 2.12. The van der Waals surface area contributed by atoms with Gasteiger partial charge in [-0.3, -0.25) is 4.99 Å². The molecule has 0 bridgehead atoms. The van der Waals surface area contributed by atoms with Crippen LogP contribution in [0, 0.1) is 6.92 Å². The summed E-state index contributed by atoms with van der Waals surface area (Å²) < 4.78 is 23.4. The summed E-state index contributed by atoms with van der Waals surface area (Å²) in [6.07, 6.45) is 3.56. The molecule has 0 atom stereocenters. The number of sulfone groups is 1. The maximum Gasteiger partial charge on any atom is 0.191 e. The number of likely N-dealkylation sites (N-methyl/N-ethyl adjacent to an activating group) is 1. The monoisotopic (exact) mass is 537 g/mol. The third-order valence-electron chi connectivity index (χ3n) is 5.08. The zero-order chi connectivity index (χ0) is 20.6. The van der Waals surface area contributed by atoms with Crippen molar-refractivity contribution >= 4 is 39.8 Å². The minimum absolute atomic E-state index is 0. The Kier molecular flexibility index (Phi) is 11.4. The Bertz CT molecular complexity index is 770. The topological polar surface area (TPSA) is 77.0 Å². The summed E-state index contributed by atoms with van der Waals surface area (Å²) in [7, 11) is 0.774. The molecule has 0 aromatic heterocycles. The average Bonchev–Trinajstić information content (AvgIpc) is 2.84. The van der Waals surface area contributed by atoms with Gasteiger partial charge in [0.1, 0.15) is 0 Å². The number of rotatable bonds is 7. The molecule has 0 radical (unpaired) electrons. The fraction of sp³-hybridized carbons (Fsp3) is 0.650. The molecule has 29 heavy (non-hydrogen) atoms. The highest BCUT2D eigenvalue weighted by Crippen LogP contribution is 2.16. The summed E-state index contributed by atoms with van der Waals surface area (Å²) in [5.41, 5.74) is 1.80. The number of benzene rings is 1. The van der Waals surface area contributed by atoms with E-state index in [0.717, 1.165) is 49.7 Å². The van der Waals surface area contributed by atoms with Gasteiger partial charge in [0.2, 0.25) is 0 Å². The average molecular weight is 538 g/mol. The van der Waals surface area contributed by atoms with Crippen molar-refractivity contribution in [2.75, 3.05) is 59.6 Å². The van der Waals surface area contributed by atoms with Crippen molar-refractivity contribution in [1.82, 2.24) is 20.4 Å². The quantitative estimate of drug-likeness (QED) is 0.239. The number of nitrogens with zero attached hydrogens (tertiary/aromatic N) is 3. The minimum atomic E-state index is -3.18. The Morgan fingerprint density at radius 3 is 2.59 bits per heavy atom. The third-order valence-corrected chi connectivity index (χ3v) is 6.34. The van der Waals surface area contributed by atoms with Gasteiger partial charge in [0.25, 0.3) is 0 Å². The summed E-state index contributed by atoms with van der Waals surface area (Å²) >= 11 is 0. The van der Waals surface area contributed by atoms with Crippen molar-refractivity contribution in [1.29, 1.82) is 0 Å². The second kappa shape index (κ2) is 12.7. The number of halogens is 1. The SMILES string of the molecule is CN=C(NCCCN1CCCN(C)CC1)NCc1ccc(S(C)(=O)=O)c(C)c1.I. The second-order valence-electron chi connectivity index (χ2n) is 7.58. The Morgan fingerprint density at radius 1 is 1.17 bits per heavy atom. The first-order valence-electron chi connectivity index (χ1n) is 9.94. The van der Waals surface area contributed by atoms with Crippen molar-refractivity contribution < 1.29 is 8.42 Å². The summed E-state index contributed by atoms with van der Waals surface area (Å²) in [6.45, 7) is 9.06. The van der Waals surface area contributed by atoms with E-state index in [1.807, 2.05) is 19.1 Å². The molecule has 1 aromatic rings. The number of aryl methyl sites for hydroxylation is 1. The Morgan fingerprint density at radius 2 is 1.93 bits per heavy atom. The number of aliphatic imine (C=N–C) groups is 1. The van der Waals surface area contributed by atoms with Crippen LogP contribution in [-0.4, -0.2) is 83.8 Å². The summed E-state index contributed by atoms with van der Waals surface area (Å²) in [5, 5.41) is 6.65. The van der Waals surface area contributed by atoms with Crippen LogP contribution in [0.25, 0.3) is 0 Å². The fourth-order valence-electron chi connectivity index (χ4n) is 3.48. The van der Waals surface area contributed by atoms with Gasteiger partial charge in [-0.15, -0.1) is 24.0 Å². The minimum Gasteiger partial charge on any atom is -0.356 e. The molecule has 0 amide bonds. The standard InChI is InChI=1S/C20H35N5O2S.HI/c1-17-15-18(7-8-19(17)28(4,26)27)16-23-20(21-2)22-9-5-11-25-12-6-10-24(3)13-14-25;/h7-8,15H,5-6,9-14,16H2,1-4H3,(H2,21,22,23);1H. The molecule has 7 nitrogen and oxygen atoms in total. The molecule has 9 heteroatoms. The van der Waals surface area contributed by atoms with Gasteiger partial charge in [0.05, 0.1) is 4.90 Å². The number of nitrogens with one attached hydrogen (secondary N) is 2. The van der Waals surface area contributed by atoms with E-state index in [4.69, 9.17) is 0 Å². The van der Waals surface area contributed by atoms with Crippen molar-refractivity contribution in [2.45, 2.75) is 31.2 Å². The molecule has 0 aliphatic carbocycles. The lowest BCUT2D eigenvalue weighted by atomic mass is 10.1. The van der Waals surface area contributed by atoms with Crippen LogP contribution in [-0.2, 0) is 16.4 Å². The van der Waals surface area contributed by atoms with Crippen LogP contribution in [0.2, 0.25) is 0 Å². The summed E-state index contributed by atoms with van der Waals surface area (Å²) in [4.78, 5) is 9.59. The van der Waals surface area contributed by atoms with E-state index in [-0.39, 0.29) is 24.0 Å². The van der Waals surface area contributed by atoms with Gasteiger partial charge in [0, 0.05) is 39.5 Å². The lowest BCUT2D eigenvalue weighted by Gasteiger charge is -2.20. The molecule has 1 heterocycles. The Hall–Kier alpha value is -0.910. The normalized spacial score (nSPS) is 16.8. The van der Waals surface area contributed by atoms with Gasteiger partial charge in [-0.25, -0.2) is 8.42 Å². The molecule has 1 aromatic carbocycles. The maximum absolute atomic E-state index is 11.7. The predicted molar refractivity (Wildman–Crippen MR) is 131 cm³/mol. The van der Waals surface area contributed by atoms with Crippen molar-refractivity contribution in [3.05, 3.63) is 29.3 Å². The van der Waals surface area contributed by atoms with E-state index in [1.165, 1.54) is 25.8 Å². The molecule has 1 fully saturated rings. The molecular weight excluding hydrogens is 501 g/mol. The molecule has 0 spiro atoms. The van der Waals surface area contributed by atoms with Crippen LogP contribution in [0.1, 0.15) is 24.0 Å². The lowest BCUT2D eigenvalue weighted by Crippen LogP contribution is -2.38. The molecule has 1 aliphatic rings. The van der Waals surface area contributed by atoms with E-state index < -0.39 is 9.84 Å². The number of hydrogen-bond acceptors (Lipinski definition) is 5. The predicted octanol–water partition coefficient (Wildman–Crippen LogP) is 1.71. The van der Waals surface area contributed by atoms with Crippen molar-refractivity contribution in [2.24, 2.45) is 4.99 Å². The maximum atomic E-state index is 11.7. The van der Waals surface area contributed by atoms with Gasteiger partial charge in [-0.05, 0) is 63.6 Å². The van der Waals surface area contributed by atoms with Crippen molar-refractivity contribution in [3.8, 4) is 0 Å². The Balaban J connectivity index is 0.00000420. The van der Waals surface area contributed by atoms with E-state index in [1.54, 1.807) is 13.1 Å². The van der Waals surface area contributed by atoms with Crippen LogP contribution in [0.3, 0.4) is 0 Å². The molecule has 0 saturated carbocycles. The molecular formula is C20H36IN5O2S. The molecule has 2 N–H and O–H groups in total. The van der Waals surface area contributed by atoms with Crippen LogP contribution in [0.4, 0.5) is 0 Å². The highest BCUT2D eigenvalue weighted by atomic mass is 127. The van der Waals surface area contributed by atoms with Gasteiger partial charge in [-0.2, -0.15) is 0 Å². The summed E-state index contributed by atoms with van der Waals surface area (Å²) in [6, 6.07) is 5.43. The molecule has 1 aliphatic heterocycles. The zero-order valence-electron chi connectivity index (χ0n) is 18.1. The van der Waals surface area contributed by atoms with E-state index in [9.17, 15) is 8.42 Å². The van der Waals surface area contributed by atoms with Gasteiger partial charge >= 0.3 is 0 Å². The molecule has 2 rings (SSSR count). The second-order valence-corrected chi connectivity index (χ2v) is 9.56. The van der Waals surface area contributed by atoms with Gasteiger partial charge in [-0.1, -0.05) is 12.1 Å². The first kappa shape index (κ1) is 26.1. The van der Waals surface area contributed by atoms with E-state index in [2.05, 4.69) is 32.5 Å². The largest absolute Gasteiger partial charge is 0.356 e. The third kappa shape index (κ3) is 9.18. The molecule has 0 unspecified atom stereocenters. The number of guanidine groups is 1. The summed E-state index contributed by atoms with van der Waals surface area (Å²) in [5.74, 6) is 0.764. The highest BCUT2D eigenvalue weighted by molar-refractivity contribution is 14.0. The van der Waals surface area contributed by atoms with Crippen LogP contribution in [0.5, 0.6) is 0 Å². The zero-order valence-corrected chi connectivity index (χ0v) is 21.2. The first-order valence-corrected chi connectivity index (χ1v) is 11.8. The van der Waals surface area contributed by atoms with Crippen LogP contribution < -0.4 is 10.6 Å². The fourth-order valence-corrected chi connectivity index (χ4v) is 4.44. The first-order chi connectivity index (χ1) is 13.3. The van der Waals surface area contributed by atoms with Crippen molar-refractivity contribution in [3.63, 3.8) is 0 Å². The van der Waals surface area contributed by atoms with Crippen LogP contribution >= 0.6 is 24.0 Å². The van der Waals surface area contributed by atoms with E-state index >= 15 is 0 Å². The molecule has 166 valence electrons. The van der Waals surface area contributed by atoms with Gasteiger partial charge in [0.15, 0.2) is 15.8 Å². The number of hydrogen-bond donors (Lipinski definition) is 2. The van der Waals surface area contributed by atoms with E-state index in [0.29, 0.717) is 11.4 Å². The Labute approximate surface area is 193 Å². The molecule has 1 saturated heterocycles. The lowest BCUT2D eigenvalue weighted by molar-refractivity contribution is 0.274. The smallest absolute Gasteiger partial charge is 0.191 e.